The molecule has 1 saturated heterocycles. The number of hydrogen-bond acceptors (Lipinski definition) is 14. The molecule has 4 saturated carbocycles. The molecule has 98 heavy (non-hydrogen) atoms. The lowest BCUT2D eigenvalue weighted by atomic mass is 9.52. The van der Waals surface area contributed by atoms with E-state index in [9.17, 15) is 30.6 Å². The van der Waals surface area contributed by atoms with E-state index >= 15 is 4.79 Å². The number of aromatic hydroxyl groups is 3. The average molecular weight is 1400 g/mol. The van der Waals surface area contributed by atoms with Gasteiger partial charge in [-0.15, -0.1) is 0 Å². The number of Topliss-reactive ketones (excluding diaryl/α,β-unsaturated/α-hetero) is 1. The molecule has 11 nitrogen and oxygen atoms in total. The highest BCUT2D eigenvalue weighted by Crippen LogP contribution is 2.60. The Labute approximate surface area is 596 Å². The third-order valence-electron chi connectivity index (χ3n) is 24.8. The van der Waals surface area contributed by atoms with Gasteiger partial charge in [0.2, 0.25) is 0 Å². The summed E-state index contributed by atoms with van der Waals surface area (Å²) in [6.45, 7) is 7.39. The monoisotopic (exact) mass is 1400 g/mol. The molecule has 13 atom stereocenters. The maximum Gasteiger partial charge on any atom is 0.164 e. The Morgan fingerprint density at radius 1 is 0.745 bits per heavy atom. The third kappa shape index (κ3) is 13.6. The van der Waals surface area contributed by atoms with Crippen molar-refractivity contribution in [1.29, 1.82) is 0 Å². The number of aliphatic hydroxyl groups excluding tert-OH is 3. The van der Waals surface area contributed by atoms with Crippen LogP contribution in [0.4, 0.5) is 0 Å². The molecule has 0 radical (unpaired) electrons. The fourth-order valence-corrected chi connectivity index (χ4v) is 25.7. The number of fused-ring (bicyclic) bond motifs is 6. The van der Waals surface area contributed by atoms with Crippen LogP contribution in [0.2, 0.25) is 0 Å². The number of H-pyrrole nitrogens is 1. The van der Waals surface area contributed by atoms with Crippen LogP contribution in [0.5, 0.6) is 28.7 Å². The van der Waals surface area contributed by atoms with Gasteiger partial charge >= 0.3 is 0 Å². The predicted molar refractivity (Wildman–Crippen MR) is 402 cm³/mol. The molecule has 4 aliphatic carbocycles. The highest BCUT2D eigenvalue weighted by molar-refractivity contribution is 8.77. The number of phenolic OH excluding ortho intramolecular Hbond substituents is 3. The zero-order valence-corrected chi connectivity index (χ0v) is 61.0. The number of carbonyl (C=O) groups is 1. The molecule has 2 bridgehead atoms. The van der Waals surface area contributed by atoms with Crippen LogP contribution in [0.1, 0.15) is 183 Å². The van der Waals surface area contributed by atoms with Gasteiger partial charge in [0.05, 0.1) is 36.6 Å². The van der Waals surface area contributed by atoms with Crippen molar-refractivity contribution in [3.8, 4) is 28.7 Å². The highest BCUT2D eigenvalue weighted by Gasteiger charge is 2.62. The molecule has 14 rings (SSSR count). The second-order valence-corrected chi connectivity index (χ2v) is 36.0. The van der Waals surface area contributed by atoms with Gasteiger partial charge in [0, 0.05) is 64.9 Å². The molecule has 7 aromatic rings. The van der Waals surface area contributed by atoms with E-state index < -0.39 is 46.8 Å². The lowest BCUT2D eigenvalue weighted by molar-refractivity contribution is -0.150. The Hall–Kier alpha value is -5.23. The van der Waals surface area contributed by atoms with E-state index in [0.717, 1.165) is 145 Å². The number of aryl methyl sites for hydroxylation is 2. The lowest BCUT2D eigenvalue weighted by Gasteiger charge is -2.54. The maximum absolute atomic E-state index is 18.2. The van der Waals surface area contributed by atoms with Crippen molar-refractivity contribution in [3.05, 3.63) is 183 Å². The minimum atomic E-state index is -1.77. The summed E-state index contributed by atoms with van der Waals surface area (Å²) in [4.78, 5) is 21.4. The Balaban J connectivity index is 0.940. The number of aliphatic hydroxyl groups is 3. The second-order valence-electron chi connectivity index (χ2n) is 30.9. The lowest BCUT2D eigenvalue weighted by Crippen LogP contribution is -2.63. The number of aromatic nitrogens is 1. The van der Waals surface area contributed by atoms with Gasteiger partial charge in [-0.05, 0) is 247 Å². The number of piperidine rings is 1. The van der Waals surface area contributed by atoms with Crippen LogP contribution in [0, 0.1) is 46.8 Å². The van der Waals surface area contributed by atoms with Crippen LogP contribution >= 0.6 is 43.2 Å². The zero-order valence-electron chi connectivity index (χ0n) is 57.7. The third-order valence-corrected chi connectivity index (χ3v) is 30.2. The number of carbonyl (C=O) groups excluding carboxylic acids is 1. The quantitative estimate of drug-likeness (QED) is 0.0510. The summed E-state index contributed by atoms with van der Waals surface area (Å²) < 4.78 is 13.4. The number of hydrogen-bond donors (Lipinski definition) is 8. The molecule has 1 spiro atoms. The summed E-state index contributed by atoms with van der Waals surface area (Å²) in [5.41, 5.74) is 8.81. The van der Waals surface area contributed by atoms with E-state index in [1.54, 1.807) is 57.7 Å². The first-order valence-electron chi connectivity index (χ1n) is 36.9. The fraction of sp³-hybridized carbons (Fsp3) is 0.530. The van der Waals surface area contributed by atoms with Gasteiger partial charge in [-0.2, -0.15) is 0 Å². The molecule has 3 aliphatic heterocycles. The number of rotatable bonds is 13. The van der Waals surface area contributed by atoms with Gasteiger partial charge in [0.25, 0.3) is 0 Å². The van der Waals surface area contributed by atoms with Crippen molar-refractivity contribution in [3.63, 3.8) is 0 Å². The van der Waals surface area contributed by atoms with Crippen LogP contribution in [-0.2, 0) is 54.3 Å². The molecule has 0 amide bonds. The minimum absolute atomic E-state index is 0.00874. The standard InChI is InChI=1S/C83H102N2O9S4/c1-5-54-20-21-55-14-9-16-65-74(46-86)98-97-47-60-39-75(90)83(69-49-96-95-48-61-44-81(28-6-7-29-81)31-26-72(61)94-73-38-58(69)23-24-70(73)88,80(92)77(60)78(91)59(36-53-27-33-84-45-53)37-56-22-25-71(89)79(93-4)67(56)43-66(54)76(55)65)63-40-62(41-64(87)42-63)82-30-10-15-57(68(82)17-11-32-85-82)35-52-13-8-12-51(34-52)19-18-50(2)3/h8-9,12-14,16,20-25,27,33-34,38,40-42,45,50,57,59-61,68-69,72,74-75,77-78,84-91H,5-7,10-11,15,17-19,26,28-32,35-37,39,43-44,46-49H2,1-4H3/t57-,59-,60+,61-,68-,69-,72+,74+,75+,77-,78+,82-,83+/m1/s1. The van der Waals surface area contributed by atoms with Gasteiger partial charge in [-0.25, -0.2) is 0 Å². The minimum Gasteiger partial charge on any atom is -0.508 e. The summed E-state index contributed by atoms with van der Waals surface area (Å²) in [7, 11) is 8.33. The van der Waals surface area contributed by atoms with Crippen LogP contribution in [-0.4, -0.2) is 97.2 Å². The van der Waals surface area contributed by atoms with Crippen LogP contribution in [0.25, 0.3) is 10.8 Å². The van der Waals surface area contributed by atoms with Crippen molar-refractivity contribution >= 4 is 59.7 Å². The summed E-state index contributed by atoms with van der Waals surface area (Å²) in [6.07, 6.45) is 19.3. The number of aromatic amines is 1. The molecule has 1 aromatic heterocycles. The van der Waals surface area contributed by atoms with Gasteiger partial charge in [-0.1, -0.05) is 156 Å². The molecule has 4 heterocycles. The molecular weight excluding hydrogens is 1300 g/mol. The summed E-state index contributed by atoms with van der Waals surface area (Å²) in [5, 5.41) is 82.8. The Morgan fingerprint density at radius 2 is 1.54 bits per heavy atom. The first-order chi connectivity index (χ1) is 47.6. The SMILES string of the molecule is CCc1ccc2cccc3c2c1Cc1c(ccc(O)c1OC)C[C@@H](Cc1cc[nH]c1)[C@H](O)[C@@H]1C(=O)[C@@](c2cc(O)cc([C@]45CCC[C@H](Cc6cccc(CCC(C)C)c6)[C@H]4CCCN5)c2)([C@@H]2CSSC[C@H]4CC5(CCCC5)CC[C@@H]4Oc4cc2ccc4O)[C@@H](O)C[C@H]1CSS[C@H]3CO. The largest absolute Gasteiger partial charge is 0.508 e. The highest BCUT2D eigenvalue weighted by atomic mass is 33.1. The van der Waals surface area contributed by atoms with Crippen molar-refractivity contribution < 1.29 is 44.9 Å². The zero-order chi connectivity index (χ0) is 67.9. The molecule has 15 heteroatoms. The molecule has 8 N–H and O–H groups in total. The number of benzene rings is 6. The topological polar surface area (TPSA) is 185 Å². The van der Waals surface area contributed by atoms with Crippen LogP contribution < -0.4 is 14.8 Å². The average Bonchev–Trinajstić information content (AvgIpc) is 0.722. The van der Waals surface area contributed by atoms with E-state index in [-0.39, 0.29) is 59.2 Å². The summed E-state index contributed by atoms with van der Waals surface area (Å²) in [5.74, 6) is 0.656. The van der Waals surface area contributed by atoms with Crippen LogP contribution in [0.15, 0.2) is 122 Å². The van der Waals surface area contributed by atoms with Gasteiger partial charge in [0.1, 0.15) is 11.9 Å². The van der Waals surface area contributed by atoms with Gasteiger partial charge in [0.15, 0.2) is 28.8 Å². The van der Waals surface area contributed by atoms with E-state index in [1.165, 1.54) is 36.8 Å². The van der Waals surface area contributed by atoms with Crippen molar-refractivity contribution in [2.45, 2.75) is 190 Å². The van der Waals surface area contributed by atoms with Crippen molar-refractivity contribution in [1.82, 2.24) is 10.3 Å². The number of nitrogens with one attached hydrogen (secondary N) is 2. The molecule has 5 fully saturated rings. The first kappa shape index (κ1) is 69.8. The molecule has 522 valence electrons. The Kier molecular flexibility index (Phi) is 21.4. The van der Waals surface area contributed by atoms with E-state index in [4.69, 9.17) is 9.47 Å². The first-order valence-corrected chi connectivity index (χ1v) is 41.7. The van der Waals surface area contributed by atoms with E-state index in [2.05, 4.69) is 91.7 Å². The van der Waals surface area contributed by atoms with Crippen molar-refractivity contribution in [2.24, 2.45) is 46.8 Å². The number of ketones is 1. The number of phenols is 3. The molecule has 7 aliphatic rings. The normalized spacial score (nSPS) is 29.8. The smallest absolute Gasteiger partial charge is 0.164 e. The molecule has 6 aromatic carbocycles. The number of methoxy groups -OCH3 is 1. The van der Waals surface area contributed by atoms with Gasteiger partial charge < -0.3 is 50.4 Å². The molecule has 0 unspecified atom stereocenters. The van der Waals surface area contributed by atoms with Crippen LogP contribution in [0.3, 0.4) is 0 Å². The molecular formula is C83H102N2O9S4. The maximum atomic E-state index is 18.2. The Bertz CT molecular complexity index is 3940. The van der Waals surface area contributed by atoms with Crippen molar-refractivity contribution in [2.75, 3.05) is 37.5 Å². The number of ether oxygens (including phenoxy) is 2. The fourth-order valence-electron chi connectivity index (χ4n) is 20.0. The van der Waals surface area contributed by atoms with E-state index in [1.807, 2.05) is 53.5 Å². The Morgan fingerprint density at radius 3 is 2.35 bits per heavy atom. The summed E-state index contributed by atoms with van der Waals surface area (Å²) >= 11 is 0. The van der Waals surface area contributed by atoms with Gasteiger partial charge in [-0.3, -0.25) is 4.79 Å². The predicted octanol–water partition coefficient (Wildman–Crippen LogP) is 17.3. The van der Waals surface area contributed by atoms with E-state index in [0.29, 0.717) is 65.1 Å². The summed E-state index contributed by atoms with van der Waals surface area (Å²) in [6, 6.07) is 37.1. The second kappa shape index (κ2) is 30.0.